The highest BCUT2D eigenvalue weighted by atomic mass is 32.2. The molecular formula is C15H14F2N2OS. The summed E-state index contributed by atoms with van der Waals surface area (Å²) in [6.07, 6.45) is 1.96. The Kier molecular flexibility index (Phi) is 5.16. The van der Waals surface area contributed by atoms with Gasteiger partial charge in [-0.1, -0.05) is 0 Å². The number of anilines is 1. The first kappa shape index (κ1) is 15.3. The molecule has 2 N–H and O–H groups in total. The van der Waals surface area contributed by atoms with Gasteiger partial charge in [0.05, 0.1) is 0 Å². The molecule has 0 bridgehead atoms. The van der Waals surface area contributed by atoms with Crippen LogP contribution in [0.1, 0.15) is 5.56 Å². The molecule has 0 heterocycles. The second-order valence-electron chi connectivity index (χ2n) is 4.27. The van der Waals surface area contributed by atoms with Crippen molar-refractivity contribution in [2.24, 2.45) is 0 Å². The Hall–Kier alpha value is -2.08. The molecule has 0 spiro atoms. The highest BCUT2D eigenvalue weighted by molar-refractivity contribution is 7.98. The first-order valence-electron chi connectivity index (χ1n) is 6.21. The van der Waals surface area contributed by atoms with E-state index in [0.29, 0.717) is 5.69 Å². The molecule has 0 saturated heterocycles. The second kappa shape index (κ2) is 7.08. The van der Waals surface area contributed by atoms with Crippen LogP contribution in [0.2, 0.25) is 0 Å². The lowest BCUT2D eigenvalue weighted by molar-refractivity contribution is 0.251. The van der Waals surface area contributed by atoms with E-state index in [-0.39, 0.29) is 12.1 Å². The molecule has 0 aromatic heterocycles. The highest BCUT2D eigenvalue weighted by Crippen LogP contribution is 2.17. The van der Waals surface area contributed by atoms with Crippen molar-refractivity contribution < 1.29 is 13.6 Å². The second-order valence-corrected chi connectivity index (χ2v) is 5.15. The SMILES string of the molecule is CSc1ccc(NC(=O)NCc2cc(F)ccc2F)cc1. The maximum atomic E-state index is 13.4. The molecule has 0 unspecified atom stereocenters. The summed E-state index contributed by atoms with van der Waals surface area (Å²) in [7, 11) is 0. The minimum Gasteiger partial charge on any atom is -0.334 e. The Morgan fingerprint density at radius 3 is 2.52 bits per heavy atom. The number of amides is 2. The maximum absolute atomic E-state index is 13.4. The molecule has 2 rings (SSSR count). The topological polar surface area (TPSA) is 41.1 Å². The molecule has 110 valence electrons. The molecule has 2 aromatic rings. The number of thioether (sulfide) groups is 1. The molecule has 2 aromatic carbocycles. The van der Waals surface area contributed by atoms with Gasteiger partial charge >= 0.3 is 6.03 Å². The van der Waals surface area contributed by atoms with Gasteiger partial charge in [-0.05, 0) is 48.7 Å². The minimum atomic E-state index is -0.555. The Balaban J connectivity index is 1.91. The van der Waals surface area contributed by atoms with Crippen LogP contribution in [-0.2, 0) is 6.54 Å². The number of urea groups is 1. The van der Waals surface area contributed by atoms with Gasteiger partial charge in [-0.15, -0.1) is 11.8 Å². The number of nitrogens with one attached hydrogen (secondary N) is 2. The van der Waals surface area contributed by atoms with Crippen molar-refractivity contribution >= 4 is 23.5 Å². The number of rotatable bonds is 4. The lowest BCUT2D eigenvalue weighted by Gasteiger charge is -2.09. The summed E-state index contributed by atoms with van der Waals surface area (Å²) in [4.78, 5) is 12.8. The van der Waals surface area contributed by atoms with Gasteiger partial charge in [0.15, 0.2) is 0 Å². The van der Waals surface area contributed by atoms with Crippen molar-refractivity contribution in [3.8, 4) is 0 Å². The first-order valence-corrected chi connectivity index (χ1v) is 7.44. The van der Waals surface area contributed by atoms with E-state index in [2.05, 4.69) is 10.6 Å². The number of benzene rings is 2. The standard InChI is InChI=1S/C15H14F2N2OS/c1-21-13-5-3-12(4-6-13)19-15(20)18-9-10-8-11(16)2-7-14(10)17/h2-8H,9H2,1H3,(H2,18,19,20). The summed E-state index contributed by atoms with van der Waals surface area (Å²) in [6.45, 7) is -0.0850. The van der Waals surface area contributed by atoms with E-state index in [9.17, 15) is 13.6 Å². The molecule has 0 fully saturated rings. The molecule has 0 saturated carbocycles. The van der Waals surface area contributed by atoms with Gasteiger partial charge in [0.2, 0.25) is 0 Å². The van der Waals surface area contributed by atoms with Crippen molar-refractivity contribution in [1.29, 1.82) is 0 Å². The van der Waals surface area contributed by atoms with Crippen LogP contribution in [0.25, 0.3) is 0 Å². The quantitative estimate of drug-likeness (QED) is 0.838. The van der Waals surface area contributed by atoms with E-state index in [1.165, 1.54) is 0 Å². The summed E-state index contributed by atoms with van der Waals surface area (Å²) in [5.41, 5.74) is 0.730. The maximum Gasteiger partial charge on any atom is 0.319 e. The molecule has 3 nitrogen and oxygen atoms in total. The Morgan fingerprint density at radius 1 is 1.14 bits per heavy atom. The van der Waals surface area contributed by atoms with Crippen molar-refractivity contribution in [2.75, 3.05) is 11.6 Å². The van der Waals surface area contributed by atoms with Crippen LogP contribution in [0, 0.1) is 11.6 Å². The van der Waals surface area contributed by atoms with Crippen molar-refractivity contribution in [3.63, 3.8) is 0 Å². The molecule has 21 heavy (non-hydrogen) atoms. The number of hydrogen-bond acceptors (Lipinski definition) is 2. The average Bonchev–Trinajstić information content (AvgIpc) is 2.49. The summed E-state index contributed by atoms with van der Waals surface area (Å²) in [5, 5.41) is 5.10. The van der Waals surface area contributed by atoms with E-state index >= 15 is 0 Å². The third kappa shape index (κ3) is 4.46. The van der Waals surface area contributed by atoms with Crippen molar-refractivity contribution in [3.05, 3.63) is 59.7 Å². The van der Waals surface area contributed by atoms with Crippen molar-refractivity contribution in [2.45, 2.75) is 11.4 Å². The molecule has 6 heteroatoms. The van der Waals surface area contributed by atoms with E-state index < -0.39 is 17.7 Å². The van der Waals surface area contributed by atoms with E-state index in [4.69, 9.17) is 0 Å². The molecule has 0 aliphatic heterocycles. The van der Waals surface area contributed by atoms with Crippen LogP contribution in [0.4, 0.5) is 19.3 Å². The predicted octanol–water partition coefficient (Wildman–Crippen LogP) is 4.01. The fourth-order valence-corrected chi connectivity index (χ4v) is 2.11. The molecule has 0 aliphatic carbocycles. The fourth-order valence-electron chi connectivity index (χ4n) is 1.70. The number of carbonyl (C=O) groups excluding carboxylic acids is 1. The van der Waals surface area contributed by atoms with Gasteiger partial charge in [-0.3, -0.25) is 0 Å². The fraction of sp³-hybridized carbons (Fsp3) is 0.133. The smallest absolute Gasteiger partial charge is 0.319 e. The minimum absolute atomic E-state index is 0.0850. The molecule has 0 atom stereocenters. The van der Waals surface area contributed by atoms with E-state index in [0.717, 1.165) is 23.1 Å². The summed E-state index contributed by atoms with van der Waals surface area (Å²) in [5.74, 6) is -1.10. The Labute approximate surface area is 125 Å². The van der Waals surface area contributed by atoms with E-state index in [1.807, 2.05) is 18.4 Å². The van der Waals surface area contributed by atoms with Gasteiger partial charge in [0.1, 0.15) is 11.6 Å². The Bertz CT molecular complexity index is 632. The van der Waals surface area contributed by atoms with Gasteiger partial charge in [-0.2, -0.15) is 0 Å². The lowest BCUT2D eigenvalue weighted by Crippen LogP contribution is -2.28. The molecular weight excluding hydrogens is 294 g/mol. The number of halogens is 2. The third-order valence-electron chi connectivity index (χ3n) is 2.80. The van der Waals surface area contributed by atoms with Gasteiger partial charge in [0.25, 0.3) is 0 Å². The molecule has 0 aliphatic rings. The van der Waals surface area contributed by atoms with Crippen LogP contribution in [0.5, 0.6) is 0 Å². The lowest BCUT2D eigenvalue weighted by atomic mass is 10.2. The van der Waals surface area contributed by atoms with Crippen LogP contribution in [0.15, 0.2) is 47.4 Å². The summed E-state index contributed by atoms with van der Waals surface area (Å²) >= 11 is 1.60. The largest absolute Gasteiger partial charge is 0.334 e. The molecule has 0 radical (unpaired) electrons. The zero-order chi connectivity index (χ0) is 15.2. The first-order chi connectivity index (χ1) is 10.1. The van der Waals surface area contributed by atoms with Gasteiger partial charge in [0, 0.05) is 22.7 Å². The highest BCUT2D eigenvalue weighted by Gasteiger charge is 2.06. The van der Waals surface area contributed by atoms with Crippen LogP contribution in [-0.4, -0.2) is 12.3 Å². The normalized spacial score (nSPS) is 10.2. The third-order valence-corrected chi connectivity index (χ3v) is 3.54. The summed E-state index contributed by atoms with van der Waals surface area (Å²) in [6, 6.07) is 9.96. The van der Waals surface area contributed by atoms with Crippen molar-refractivity contribution in [1.82, 2.24) is 5.32 Å². The summed E-state index contributed by atoms with van der Waals surface area (Å²) < 4.78 is 26.4. The Morgan fingerprint density at radius 2 is 1.86 bits per heavy atom. The van der Waals surface area contributed by atoms with Gasteiger partial charge in [-0.25, -0.2) is 13.6 Å². The number of hydrogen-bond donors (Lipinski definition) is 2. The van der Waals surface area contributed by atoms with Crippen LogP contribution < -0.4 is 10.6 Å². The zero-order valence-electron chi connectivity index (χ0n) is 11.3. The molecule has 2 amide bonds. The monoisotopic (exact) mass is 308 g/mol. The number of carbonyl (C=O) groups is 1. The van der Waals surface area contributed by atoms with Crippen LogP contribution in [0.3, 0.4) is 0 Å². The zero-order valence-corrected chi connectivity index (χ0v) is 12.1. The predicted molar refractivity (Wildman–Crippen MR) is 80.4 cm³/mol. The average molecular weight is 308 g/mol. The van der Waals surface area contributed by atoms with E-state index in [1.54, 1.807) is 23.9 Å². The van der Waals surface area contributed by atoms with Gasteiger partial charge < -0.3 is 10.6 Å². The van der Waals surface area contributed by atoms with Crippen LogP contribution >= 0.6 is 11.8 Å².